The molecule has 0 spiro atoms. The summed E-state index contributed by atoms with van der Waals surface area (Å²) >= 11 is 0. The molecule has 2 heterocycles. The lowest BCUT2D eigenvalue weighted by Gasteiger charge is -2.14. The third-order valence-corrected chi connectivity index (χ3v) is 4.47. The van der Waals surface area contributed by atoms with Gasteiger partial charge in [0.2, 0.25) is 5.91 Å². The number of amides is 2. The summed E-state index contributed by atoms with van der Waals surface area (Å²) in [6.07, 6.45) is 1.37. The van der Waals surface area contributed by atoms with Crippen molar-refractivity contribution in [1.29, 1.82) is 0 Å². The van der Waals surface area contributed by atoms with Gasteiger partial charge in [0, 0.05) is 19.4 Å². The van der Waals surface area contributed by atoms with Gasteiger partial charge in [-0.15, -0.1) is 0 Å². The number of hydrogen-bond acceptors (Lipinski definition) is 6. The van der Waals surface area contributed by atoms with Crippen molar-refractivity contribution in [2.75, 3.05) is 6.61 Å². The number of aryl methyl sites for hydroxylation is 1. The third kappa shape index (κ3) is 4.27. The summed E-state index contributed by atoms with van der Waals surface area (Å²) in [6, 6.07) is 3.52. The molecule has 28 heavy (non-hydrogen) atoms. The molecule has 1 aromatic carbocycles. The van der Waals surface area contributed by atoms with Crippen molar-refractivity contribution in [3.8, 4) is 5.75 Å². The number of ether oxygens (including phenoxy) is 1. The maximum atomic E-state index is 12.5. The second-order valence-corrected chi connectivity index (χ2v) is 6.52. The van der Waals surface area contributed by atoms with Gasteiger partial charge in [-0.2, -0.15) is 0 Å². The van der Waals surface area contributed by atoms with Gasteiger partial charge in [-0.05, 0) is 31.0 Å². The highest BCUT2D eigenvalue weighted by Crippen LogP contribution is 2.19. The van der Waals surface area contributed by atoms with E-state index in [9.17, 15) is 19.2 Å². The molecule has 1 atom stereocenters. The van der Waals surface area contributed by atoms with E-state index in [4.69, 9.17) is 15.6 Å². The first-order chi connectivity index (χ1) is 13.3. The number of carbonyl (C=O) groups is 3. The normalized spacial score (nSPS) is 13.7. The zero-order chi connectivity index (χ0) is 20.3. The van der Waals surface area contributed by atoms with E-state index < -0.39 is 30.4 Å². The van der Waals surface area contributed by atoms with E-state index in [0.29, 0.717) is 23.2 Å². The first-order valence-corrected chi connectivity index (χ1v) is 8.82. The molecule has 0 unspecified atom stereocenters. The molecule has 10 nitrogen and oxygen atoms in total. The molecule has 3 rings (SSSR count). The highest BCUT2D eigenvalue weighted by Gasteiger charge is 2.21. The fraction of sp³-hybridized carbons (Fsp3) is 0.389. The number of carboxylic acids is 1. The predicted octanol–water partition coefficient (Wildman–Crippen LogP) is -0.444. The zero-order valence-electron chi connectivity index (χ0n) is 15.0. The van der Waals surface area contributed by atoms with Crippen molar-refractivity contribution >= 4 is 28.7 Å². The number of nitrogens with zero attached hydrogens (tertiary/aromatic N) is 2. The van der Waals surface area contributed by atoms with E-state index >= 15 is 0 Å². The van der Waals surface area contributed by atoms with E-state index in [0.717, 1.165) is 18.7 Å². The number of fused-ring (bicyclic) bond motifs is 2. The Hall–Kier alpha value is -3.43. The summed E-state index contributed by atoms with van der Waals surface area (Å²) in [5.74, 6) is -1.53. The molecule has 4 N–H and O–H groups in total. The van der Waals surface area contributed by atoms with Gasteiger partial charge in [-0.1, -0.05) is 0 Å². The number of aromatic nitrogens is 2. The second kappa shape index (κ2) is 8.07. The fourth-order valence-corrected chi connectivity index (χ4v) is 3.08. The molecule has 10 heteroatoms. The van der Waals surface area contributed by atoms with Crippen LogP contribution in [0.2, 0.25) is 0 Å². The van der Waals surface area contributed by atoms with Gasteiger partial charge < -0.3 is 20.9 Å². The Bertz CT molecular complexity index is 999. The van der Waals surface area contributed by atoms with Gasteiger partial charge in [0.25, 0.3) is 11.5 Å². The van der Waals surface area contributed by atoms with Crippen LogP contribution in [0.5, 0.6) is 5.75 Å². The minimum atomic E-state index is -1.27. The number of nitrogens with one attached hydrogen (secondary N) is 1. The Kier molecular flexibility index (Phi) is 5.57. The van der Waals surface area contributed by atoms with Crippen molar-refractivity contribution in [1.82, 2.24) is 14.9 Å². The SMILES string of the molecule is NC(=O)CC[C@H](NC(=O)COc1ccc2nc3n(c(=O)c2c1)CCC3)C(=O)O. The number of nitrogens with two attached hydrogens (primary N) is 1. The summed E-state index contributed by atoms with van der Waals surface area (Å²) in [6.45, 7) is 0.192. The molecule has 0 aliphatic carbocycles. The second-order valence-electron chi connectivity index (χ2n) is 6.52. The molecule has 2 aromatic rings. The molecule has 1 aliphatic rings. The molecular formula is C18H20N4O6. The van der Waals surface area contributed by atoms with Crippen LogP contribution in [-0.2, 0) is 27.3 Å². The maximum absolute atomic E-state index is 12.5. The third-order valence-electron chi connectivity index (χ3n) is 4.47. The van der Waals surface area contributed by atoms with Crippen LogP contribution in [0.15, 0.2) is 23.0 Å². The molecule has 2 amide bonds. The first-order valence-electron chi connectivity index (χ1n) is 8.82. The summed E-state index contributed by atoms with van der Waals surface area (Å²) < 4.78 is 7.02. The van der Waals surface area contributed by atoms with Gasteiger partial charge in [-0.3, -0.25) is 19.0 Å². The van der Waals surface area contributed by atoms with Crippen LogP contribution in [-0.4, -0.2) is 45.1 Å². The van der Waals surface area contributed by atoms with Crippen molar-refractivity contribution in [2.45, 2.75) is 38.3 Å². The largest absolute Gasteiger partial charge is 0.484 e. The summed E-state index contributed by atoms with van der Waals surface area (Å²) in [7, 11) is 0. The van der Waals surface area contributed by atoms with Crippen molar-refractivity contribution in [3.05, 3.63) is 34.4 Å². The van der Waals surface area contributed by atoms with Gasteiger partial charge in [-0.25, -0.2) is 9.78 Å². The predicted molar refractivity (Wildman–Crippen MR) is 97.8 cm³/mol. The Balaban J connectivity index is 1.66. The van der Waals surface area contributed by atoms with E-state index in [2.05, 4.69) is 10.3 Å². The van der Waals surface area contributed by atoms with E-state index in [-0.39, 0.29) is 18.4 Å². The number of carbonyl (C=O) groups excluding carboxylic acids is 2. The zero-order valence-corrected chi connectivity index (χ0v) is 15.0. The first kappa shape index (κ1) is 19.3. The summed E-state index contributed by atoms with van der Waals surface area (Å²) in [5, 5.41) is 11.8. The highest BCUT2D eigenvalue weighted by molar-refractivity contribution is 5.85. The Labute approximate surface area is 159 Å². The smallest absolute Gasteiger partial charge is 0.326 e. The molecule has 0 bridgehead atoms. The quantitative estimate of drug-likeness (QED) is 0.554. The van der Waals surface area contributed by atoms with Crippen LogP contribution < -0.4 is 21.3 Å². The van der Waals surface area contributed by atoms with Crippen LogP contribution in [0, 0.1) is 0 Å². The fourth-order valence-electron chi connectivity index (χ4n) is 3.08. The molecule has 1 aromatic heterocycles. The van der Waals surface area contributed by atoms with Gasteiger partial charge >= 0.3 is 5.97 Å². The number of primary amides is 1. The average molecular weight is 388 g/mol. The number of rotatable bonds is 8. The van der Waals surface area contributed by atoms with Crippen molar-refractivity contribution in [2.24, 2.45) is 5.73 Å². The topological polar surface area (TPSA) is 154 Å². The van der Waals surface area contributed by atoms with E-state index in [1.54, 1.807) is 16.7 Å². The van der Waals surface area contributed by atoms with Crippen LogP contribution in [0.4, 0.5) is 0 Å². The number of aliphatic carboxylic acids is 1. The number of benzene rings is 1. The molecule has 0 radical (unpaired) electrons. The van der Waals surface area contributed by atoms with Gasteiger partial charge in [0.05, 0.1) is 10.9 Å². The van der Waals surface area contributed by atoms with Crippen LogP contribution in [0.3, 0.4) is 0 Å². The maximum Gasteiger partial charge on any atom is 0.326 e. The number of carboxylic acid groups (broad SMARTS) is 1. The van der Waals surface area contributed by atoms with Crippen LogP contribution in [0.25, 0.3) is 10.9 Å². The Morgan fingerprint density at radius 1 is 1.36 bits per heavy atom. The van der Waals surface area contributed by atoms with Crippen molar-refractivity contribution < 1.29 is 24.2 Å². The van der Waals surface area contributed by atoms with E-state index in [1.807, 2.05) is 0 Å². The van der Waals surface area contributed by atoms with Crippen molar-refractivity contribution in [3.63, 3.8) is 0 Å². The summed E-state index contributed by atoms with van der Waals surface area (Å²) in [5.41, 5.74) is 5.41. The van der Waals surface area contributed by atoms with Gasteiger partial charge in [0.15, 0.2) is 6.61 Å². The molecule has 0 saturated heterocycles. The Morgan fingerprint density at radius 3 is 2.86 bits per heavy atom. The molecule has 0 saturated carbocycles. The standard InChI is InChI=1S/C18H20N4O6/c19-14(23)6-5-13(18(26)27)21-16(24)9-28-10-3-4-12-11(8-10)17(25)22-7-1-2-15(22)20-12/h3-4,8,13H,1-2,5-7,9H2,(H2,19,23)(H,21,24)(H,26,27)/t13-/m0/s1. The van der Waals surface area contributed by atoms with E-state index in [1.165, 1.54) is 6.07 Å². The monoisotopic (exact) mass is 388 g/mol. The number of hydrogen-bond donors (Lipinski definition) is 3. The average Bonchev–Trinajstić information content (AvgIpc) is 3.12. The lowest BCUT2D eigenvalue weighted by molar-refractivity contribution is -0.142. The lowest BCUT2D eigenvalue weighted by atomic mass is 10.1. The minimum Gasteiger partial charge on any atom is -0.484 e. The lowest BCUT2D eigenvalue weighted by Crippen LogP contribution is -2.43. The molecule has 148 valence electrons. The van der Waals surface area contributed by atoms with Crippen LogP contribution >= 0.6 is 0 Å². The highest BCUT2D eigenvalue weighted by atomic mass is 16.5. The minimum absolute atomic E-state index is 0.111. The van der Waals surface area contributed by atoms with Gasteiger partial charge in [0.1, 0.15) is 17.6 Å². The molecule has 0 fully saturated rings. The Morgan fingerprint density at radius 2 is 2.14 bits per heavy atom. The van der Waals surface area contributed by atoms with Crippen LogP contribution in [0.1, 0.15) is 25.1 Å². The molecule has 1 aliphatic heterocycles. The molecular weight excluding hydrogens is 368 g/mol. The summed E-state index contributed by atoms with van der Waals surface area (Å²) in [4.78, 5) is 50.9.